The van der Waals surface area contributed by atoms with Gasteiger partial charge in [-0.25, -0.2) is 17.2 Å². The maximum Gasteiger partial charge on any atom is 0.261 e. The Labute approximate surface area is 192 Å². The molecule has 9 heteroatoms. The highest BCUT2D eigenvalue weighted by molar-refractivity contribution is 7.92. The van der Waals surface area contributed by atoms with E-state index in [-0.39, 0.29) is 40.5 Å². The van der Waals surface area contributed by atoms with Gasteiger partial charge in [0.25, 0.3) is 15.9 Å². The molecule has 0 spiro atoms. The van der Waals surface area contributed by atoms with E-state index in [9.17, 15) is 22.0 Å². The Bertz CT molecular complexity index is 1250. The van der Waals surface area contributed by atoms with Gasteiger partial charge in [-0.05, 0) is 86.7 Å². The van der Waals surface area contributed by atoms with Crippen LogP contribution in [0.3, 0.4) is 0 Å². The summed E-state index contributed by atoms with van der Waals surface area (Å²) in [7, 11) is -0.227. The van der Waals surface area contributed by atoms with E-state index in [1.807, 2.05) is 19.0 Å². The van der Waals surface area contributed by atoms with Crippen LogP contribution in [-0.4, -0.2) is 39.9 Å². The van der Waals surface area contributed by atoms with Crippen LogP contribution < -0.4 is 10.0 Å². The van der Waals surface area contributed by atoms with E-state index in [0.29, 0.717) is 5.56 Å². The summed E-state index contributed by atoms with van der Waals surface area (Å²) in [6.07, 6.45) is 0. The fourth-order valence-corrected chi connectivity index (χ4v) is 4.44. The molecular formula is C24H25F2N3O3S. The summed E-state index contributed by atoms with van der Waals surface area (Å²) in [5.41, 5.74) is 1.56. The highest BCUT2D eigenvalue weighted by atomic mass is 32.2. The first-order valence-electron chi connectivity index (χ1n) is 10.2. The van der Waals surface area contributed by atoms with Gasteiger partial charge in [0, 0.05) is 17.8 Å². The molecule has 0 aliphatic carbocycles. The standard InChI is InChI=1S/C24H25F2N3O3S/c1-16-13-21(11-12-22(16)26)33(31,32)28-20-9-7-17(8-10-20)24(30)27-15-23(29(2)3)18-5-4-6-19(25)14-18/h4-14,23,28H,15H2,1-3H3,(H,27,30). The van der Waals surface area contributed by atoms with E-state index in [0.717, 1.165) is 11.6 Å². The molecule has 0 fully saturated rings. The molecule has 0 heterocycles. The van der Waals surface area contributed by atoms with Crippen LogP contribution >= 0.6 is 0 Å². The van der Waals surface area contributed by atoms with Gasteiger partial charge in [-0.3, -0.25) is 9.52 Å². The lowest BCUT2D eigenvalue weighted by Crippen LogP contribution is -2.34. The summed E-state index contributed by atoms with van der Waals surface area (Å²) in [5, 5.41) is 2.83. The topological polar surface area (TPSA) is 78.5 Å². The van der Waals surface area contributed by atoms with Crippen molar-refractivity contribution in [3.63, 3.8) is 0 Å². The van der Waals surface area contributed by atoms with Crippen molar-refractivity contribution in [1.29, 1.82) is 0 Å². The van der Waals surface area contributed by atoms with E-state index in [1.165, 1.54) is 55.5 Å². The molecule has 0 aliphatic heterocycles. The van der Waals surface area contributed by atoms with Crippen molar-refractivity contribution < 1.29 is 22.0 Å². The molecule has 2 N–H and O–H groups in total. The molecule has 0 aromatic heterocycles. The van der Waals surface area contributed by atoms with Crippen LogP contribution in [0.2, 0.25) is 0 Å². The number of carbonyl (C=O) groups excluding carboxylic acids is 1. The second-order valence-corrected chi connectivity index (χ2v) is 9.52. The molecule has 3 aromatic rings. The number of anilines is 1. The van der Waals surface area contributed by atoms with Crippen molar-refractivity contribution in [2.75, 3.05) is 25.4 Å². The van der Waals surface area contributed by atoms with Gasteiger partial charge >= 0.3 is 0 Å². The molecule has 3 rings (SSSR count). The number of aryl methyl sites for hydroxylation is 1. The van der Waals surface area contributed by atoms with E-state index >= 15 is 0 Å². The third kappa shape index (κ3) is 6.15. The summed E-state index contributed by atoms with van der Waals surface area (Å²) < 4.78 is 54.5. The third-order valence-electron chi connectivity index (χ3n) is 5.15. The van der Waals surface area contributed by atoms with Gasteiger partial charge in [0.2, 0.25) is 0 Å². The first-order chi connectivity index (χ1) is 15.6. The highest BCUT2D eigenvalue weighted by Gasteiger charge is 2.18. The van der Waals surface area contributed by atoms with Crippen molar-refractivity contribution in [2.45, 2.75) is 17.9 Å². The van der Waals surface area contributed by atoms with Crippen LogP contribution in [0.5, 0.6) is 0 Å². The predicted molar refractivity (Wildman–Crippen MR) is 124 cm³/mol. The lowest BCUT2D eigenvalue weighted by Gasteiger charge is -2.25. The minimum Gasteiger partial charge on any atom is -0.350 e. The third-order valence-corrected chi connectivity index (χ3v) is 6.53. The predicted octanol–water partition coefficient (Wildman–Crippen LogP) is 4.11. The zero-order valence-corrected chi connectivity index (χ0v) is 19.3. The molecule has 33 heavy (non-hydrogen) atoms. The number of nitrogens with zero attached hydrogens (tertiary/aromatic N) is 1. The first kappa shape index (κ1) is 24.3. The van der Waals surface area contributed by atoms with Crippen molar-refractivity contribution in [3.05, 3.63) is 95.1 Å². The molecule has 0 aliphatic rings. The molecule has 0 saturated heterocycles. The number of likely N-dealkylation sites (N-methyl/N-ethyl adjacent to an activating group) is 1. The number of rotatable bonds is 8. The zero-order chi connectivity index (χ0) is 24.2. The minimum absolute atomic E-state index is 0.0599. The summed E-state index contributed by atoms with van der Waals surface area (Å²) in [5.74, 6) is -1.18. The smallest absolute Gasteiger partial charge is 0.261 e. The first-order valence-corrected chi connectivity index (χ1v) is 11.6. The molecule has 1 amide bonds. The molecule has 1 atom stereocenters. The molecule has 6 nitrogen and oxygen atoms in total. The Morgan fingerprint density at radius 1 is 1.00 bits per heavy atom. The molecule has 0 saturated carbocycles. The van der Waals surface area contributed by atoms with Gasteiger partial charge < -0.3 is 10.2 Å². The lowest BCUT2D eigenvalue weighted by molar-refractivity contribution is 0.0942. The Morgan fingerprint density at radius 2 is 1.70 bits per heavy atom. The Balaban J connectivity index is 1.66. The summed E-state index contributed by atoms with van der Waals surface area (Å²) in [6.45, 7) is 1.74. The van der Waals surface area contributed by atoms with Crippen molar-refractivity contribution in [1.82, 2.24) is 10.2 Å². The van der Waals surface area contributed by atoms with Gasteiger partial charge in [-0.2, -0.15) is 0 Å². The zero-order valence-electron chi connectivity index (χ0n) is 18.5. The van der Waals surface area contributed by atoms with Gasteiger partial charge in [0.1, 0.15) is 11.6 Å². The maximum absolute atomic E-state index is 13.6. The number of halogens is 2. The highest BCUT2D eigenvalue weighted by Crippen LogP contribution is 2.20. The fraction of sp³-hybridized carbons (Fsp3) is 0.208. The van der Waals surface area contributed by atoms with Crippen LogP contribution in [0.1, 0.15) is 27.5 Å². The second kappa shape index (κ2) is 10.1. The maximum atomic E-state index is 13.6. The molecule has 0 radical (unpaired) electrons. The Hall–Kier alpha value is -3.30. The van der Waals surface area contributed by atoms with Crippen LogP contribution in [0.4, 0.5) is 14.5 Å². The number of carbonyl (C=O) groups is 1. The molecule has 3 aromatic carbocycles. The SMILES string of the molecule is Cc1cc(S(=O)(=O)Nc2ccc(C(=O)NCC(c3cccc(F)c3)N(C)C)cc2)ccc1F. The van der Waals surface area contributed by atoms with Crippen molar-refractivity contribution in [2.24, 2.45) is 0 Å². The van der Waals surface area contributed by atoms with Crippen molar-refractivity contribution >= 4 is 21.6 Å². The normalized spacial score (nSPS) is 12.4. The Morgan fingerprint density at radius 3 is 2.30 bits per heavy atom. The fourth-order valence-electron chi connectivity index (χ4n) is 3.29. The van der Waals surface area contributed by atoms with Crippen LogP contribution in [0, 0.1) is 18.6 Å². The van der Waals surface area contributed by atoms with E-state index in [2.05, 4.69) is 10.0 Å². The average Bonchev–Trinajstić information content (AvgIpc) is 2.75. The van der Waals surface area contributed by atoms with Gasteiger partial charge in [-0.15, -0.1) is 0 Å². The number of nitrogens with one attached hydrogen (secondary N) is 2. The number of hydrogen-bond donors (Lipinski definition) is 2. The van der Waals surface area contributed by atoms with Gasteiger partial charge in [0.05, 0.1) is 10.9 Å². The van der Waals surface area contributed by atoms with Crippen LogP contribution in [-0.2, 0) is 10.0 Å². The molecule has 174 valence electrons. The van der Waals surface area contributed by atoms with Crippen LogP contribution in [0.15, 0.2) is 71.6 Å². The molecule has 0 bridgehead atoms. The van der Waals surface area contributed by atoms with E-state index in [4.69, 9.17) is 0 Å². The largest absolute Gasteiger partial charge is 0.350 e. The lowest BCUT2D eigenvalue weighted by atomic mass is 10.1. The average molecular weight is 474 g/mol. The van der Waals surface area contributed by atoms with Gasteiger partial charge in [-0.1, -0.05) is 12.1 Å². The van der Waals surface area contributed by atoms with E-state index < -0.39 is 15.8 Å². The minimum atomic E-state index is -3.90. The number of amides is 1. The Kier molecular flexibility index (Phi) is 7.45. The molecule has 1 unspecified atom stereocenters. The number of hydrogen-bond acceptors (Lipinski definition) is 4. The molecular weight excluding hydrogens is 448 g/mol. The van der Waals surface area contributed by atoms with Crippen molar-refractivity contribution in [3.8, 4) is 0 Å². The second-order valence-electron chi connectivity index (χ2n) is 7.84. The summed E-state index contributed by atoms with van der Waals surface area (Å²) >= 11 is 0. The quantitative estimate of drug-likeness (QED) is 0.516. The number of benzene rings is 3. The van der Waals surface area contributed by atoms with E-state index in [1.54, 1.807) is 12.1 Å². The van der Waals surface area contributed by atoms with Gasteiger partial charge in [0.15, 0.2) is 0 Å². The monoisotopic (exact) mass is 473 g/mol. The summed E-state index contributed by atoms with van der Waals surface area (Å²) in [6, 6.07) is 15.5. The summed E-state index contributed by atoms with van der Waals surface area (Å²) in [4.78, 5) is 14.4. The van der Waals surface area contributed by atoms with Crippen LogP contribution in [0.25, 0.3) is 0 Å². The number of sulfonamides is 1.